The standard InChI is InChI=1S/C19H19ClO5/c1-22-13-6-7-14(17(11-13)24-3)19(21)15(20)9-12-5-8-16(23-2)18(10-12)25-4/h5-11H,1-4H3/b15-9-. The third kappa shape index (κ3) is 4.25. The Hall–Kier alpha value is -2.66. The fourth-order valence-electron chi connectivity index (χ4n) is 2.27. The second-order valence-electron chi connectivity index (χ2n) is 5.00. The first-order valence-electron chi connectivity index (χ1n) is 7.40. The average Bonchev–Trinajstić information content (AvgIpc) is 2.66. The molecule has 2 rings (SSSR count). The first-order valence-corrected chi connectivity index (χ1v) is 7.77. The van der Waals surface area contributed by atoms with Gasteiger partial charge in [0.15, 0.2) is 11.5 Å². The van der Waals surface area contributed by atoms with Crippen LogP contribution in [-0.4, -0.2) is 34.2 Å². The van der Waals surface area contributed by atoms with E-state index < -0.39 is 0 Å². The molecule has 0 aliphatic heterocycles. The summed E-state index contributed by atoms with van der Waals surface area (Å²) in [5.41, 5.74) is 1.06. The number of carbonyl (C=O) groups is 1. The lowest BCUT2D eigenvalue weighted by atomic mass is 10.1. The van der Waals surface area contributed by atoms with Crippen LogP contribution in [0.3, 0.4) is 0 Å². The predicted molar refractivity (Wildman–Crippen MR) is 97.3 cm³/mol. The maximum atomic E-state index is 12.6. The van der Waals surface area contributed by atoms with Gasteiger partial charge in [0.1, 0.15) is 11.5 Å². The molecule has 0 fully saturated rings. The van der Waals surface area contributed by atoms with Crippen molar-refractivity contribution in [3.8, 4) is 23.0 Å². The maximum absolute atomic E-state index is 12.6. The molecule has 0 saturated carbocycles. The summed E-state index contributed by atoms with van der Waals surface area (Å²) in [6, 6.07) is 10.2. The number of ketones is 1. The molecule has 132 valence electrons. The van der Waals surface area contributed by atoms with Crippen molar-refractivity contribution in [3.05, 3.63) is 52.6 Å². The second kappa shape index (κ2) is 8.44. The topological polar surface area (TPSA) is 54.0 Å². The number of ether oxygens (including phenoxy) is 4. The van der Waals surface area contributed by atoms with Crippen LogP contribution in [0.5, 0.6) is 23.0 Å². The van der Waals surface area contributed by atoms with E-state index in [0.29, 0.717) is 34.1 Å². The van der Waals surface area contributed by atoms with E-state index in [1.165, 1.54) is 7.11 Å². The highest BCUT2D eigenvalue weighted by Crippen LogP contribution is 2.31. The highest BCUT2D eigenvalue weighted by atomic mass is 35.5. The molecule has 0 N–H and O–H groups in total. The molecule has 0 heterocycles. The van der Waals surface area contributed by atoms with Gasteiger partial charge in [-0.2, -0.15) is 0 Å². The smallest absolute Gasteiger partial charge is 0.208 e. The van der Waals surface area contributed by atoms with Gasteiger partial charge in [0.2, 0.25) is 5.78 Å². The monoisotopic (exact) mass is 362 g/mol. The molecule has 0 aromatic heterocycles. The van der Waals surface area contributed by atoms with Crippen LogP contribution in [0.25, 0.3) is 6.08 Å². The van der Waals surface area contributed by atoms with Gasteiger partial charge in [-0.05, 0) is 35.9 Å². The summed E-state index contributed by atoms with van der Waals surface area (Å²) in [4.78, 5) is 12.6. The lowest BCUT2D eigenvalue weighted by Gasteiger charge is -2.10. The predicted octanol–water partition coefficient (Wildman–Crippen LogP) is 4.18. The Bertz CT molecular complexity index is 798. The van der Waals surface area contributed by atoms with Gasteiger partial charge in [-0.15, -0.1) is 0 Å². The summed E-state index contributed by atoms with van der Waals surface area (Å²) in [6.45, 7) is 0. The molecule has 6 heteroatoms. The van der Waals surface area contributed by atoms with Crippen molar-refractivity contribution in [2.24, 2.45) is 0 Å². The number of methoxy groups -OCH3 is 4. The van der Waals surface area contributed by atoms with Crippen molar-refractivity contribution < 1.29 is 23.7 Å². The molecule has 0 bridgehead atoms. The number of halogens is 1. The molecule has 5 nitrogen and oxygen atoms in total. The summed E-state index contributed by atoms with van der Waals surface area (Å²) in [6.07, 6.45) is 1.57. The Morgan fingerprint density at radius 1 is 0.840 bits per heavy atom. The van der Waals surface area contributed by atoms with Crippen LogP contribution in [0.4, 0.5) is 0 Å². The number of hydrogen-bond donors (Lipinski definition) is 0. The number of hydrogen-bond acceptors (Lipinski definition) is 5. The normalized spacial score (nSPS) is 11.0. The summed E-state index contributed by atoms with van der Waals surface area (Å²) in [7, 11) is 6.12. The Morgan fingerprint density at radius 3 is 2.12 bits per heavy atom. The zero-order valence-corrected chi connectivity index (χ0v) is 15.2. The molecule has 0 spiro atoms. The van der Waals surface area contributed by atoms with Crippen molar-refractivity contribution in [1.29, 1.82) is 0 Å². The quantitative estimate of drug-likeness (QED) is 0.546. The van der Waals surface area contributed by atoms with Gasteiger partial charge in [-0.3, -0.25) is 4.79 Å². The zero-order chi connectivity index (χ0) is 18.4. The fraction of sp³-hybridized carbons (Fsp3) is 0.211. The molecule has 0 aliphatic rings. The first-order chi connectivity index (χ1) is 12.0. The third-order valence-electron chi connectivity index (χ3n) is 3.57. The van der Waals surface area contributed by atoms with Gasteiger partial charge in [0.25, 0.3) is 0 Å². The SMILES string of the molecule is COc1ccc(C(=O)/C(Cl)=C/c2ccc(OC)c(OC)c2)c(OC)c1. The van der Waals surface area contributed by atoms with E-state index in [1.807, 2.05) is 0 Å². The van der Waals surface area contributed by atoms with Crippen molar-refractivity contribution in [2.75, 3.05) is 28.4 Å². The molecule has 0 aliphatic carbocycles. The molecule has 0 amide bonds. The highest BCUT2D eigenvalue weighted by molar-refractivity contribution is 6.47. The first kappa shape index (κ1) is 18.7. The molecule has 0 atom stereocenters. The Labute approximate surface area is 151 Å². The van der Waals surface area contributed by atoms with E-state index in [0.717, 1.165) is 0 Å². The maximum Gasteiger partial charge on any atom is 0.208 e. The summed E-state index contributed by atoms with van der Waals surface area (Å²) in [5.74, 6) is 1.78. The van der Waals surface area contributed by atoms with E-state index in [4.69, 9.17) is 30.5 Å². The number of allylic oxidation sites excluding steroid dienone is 1. The van der Waals surface area contributed by atoms with Crippen LogP contribution in [0, 0.1) is 0 Å². The van der Waals surface area contributed by atoms with Crippen LogP contribution < -0.4 is 18.9 Å². The average molecular weight is 363 g/mol. The van der Waals surface area contributed by atoms with Crippen LogP contribution in [-0.2, 0) is 0 Å². The Morgan fingerprint density at radius 2 is 1.52 bits per heavy atom. The number of rotatable bonds is 7. The van der Waals surface area contributed by atoms with Crippen molar-refractivity contribution in [2.45, 2.75) is 0 Å². The van der Waals surface area contributed by atoms with Crippen molar-refractivity contribution in [3.63, 3.8) is 0 Å². The lowest BCUT2D eigenvalue weighted by molar-refractivity contribution is 0.104. The van der Waals surface area contributed by atoms with Crippen LogP contribution in [0.1, 0.15) is 15.9 Å². The fourth-order valence-corrected chi connectivity index (χ4v) is 2.50. The van der Waals surface area contributed by atoms with Gasteiger partial charge < -0.3 is 18.9 Å². The molecule has 2 aromatic rings. The van der Waals surface area contributed by atoms with Gasteiger partial charge >= 0.3 is 0 Å². The summed E-state index contributed by atoms with van der Waals surface area (Å²) < 4.78 is 20.8. The summed E-state index contributed by atoms with van der Waals surface area (Å²) in [5, 5.41) is 0.0516. The van der Waals surface area contributed by atoms with Crippen molar-refractivity contribution >= 4 is 23.5 Å². The molecule has 0 unspecified atom stereocenters. The molecule has 0 radical (unpaired) electrons. The number of benzene rings is 2. The number of Topliss-reactive ketones (excluding diaryl/α,β-unsaturated/α-hetero) is 1. The van der Waals surface area contributed by atoms with E-state index in [1.54, 1.807) is 63.8 Å². The summed E-state index contributed by atoms with van der Waals surface area (Å²) >= 11 is 6.22. The zero-order valence-electron chi connectivity index (χ0n) is 14.5. The van der Waals surface area contributed by atoms with Crippen LogP contribution >= 0.6 is 11.6 Å². The van der Waals surface area contributed by atoms with Crippen molar-refractivity contribution in [1.82, 2.24) is 0 Å². The van der Waals surface area contributed by atoms with E-state index >= 15 is 0 Å². The van der Waals surface area contributed by atoms with Gasteiger partial charge in [-0.1, -0.05) is 17.7 Å². The number of carbonyl (C=O) groups excluding carboxylic acids is 1. The van der Waals surface area contributed by atoms with E-state index in [9.17, 15) is 4.79 Å². The highest BCUT2D eigenvalue weighted by Gasteiger charge is 2.17. The molecule has 0 saturated heterocycles. The Kier molecular flexibility index (Phi) is 6.31. The largest absolute Gasteiger partial charge is 0.497 e. The van der Waals surface area contributed by atoms with Crippen LogP contribution in [0.15, 0.2) is 41.4 Å². The van der Waals surface area contributed by atoms with Crippen LogP contribution in [0.2, 0.25) is 0 Å². The minimum absolute atomic E-state index is 0.0516. The van der Waals surface area contributed by atoms with Gasteiger partial charge in [0.05, 0.1) is 39.0 Å². The molecular formula is C19H19ClO5. The lowest BCUT2D eigenvalue weighted by Crippen LogP contribution is -2.03. The minimum atomic E-state index is -0.351. The van der Waals surface area contributed by atoms with E-state index in [2.05, 4.69) is 0 Å². The van der Waals surface area contributed by atoms with Gasteiger partial charge in [0, 0.05) is 6.07 Å². The molecule has 2 aromatic carbocycles. The molecular weight excluding hydrogens is 344 g/mol. The third-order valence-corrected chi connectivity index (χ3v) is 3.85. The molecule has 25 heavy (non-hydrogen) atoms. The van der Waals surface area contributed by atoms with E-state index in [-0.39, 0.29) is 10.8 Å². The minimum Gasteiger partial charge on any atom is -0.497 e. The Balaban J connectivity index is 2.35. The second-order valence-corrected chi connectivity index (χ2v) is 5.41. The van der Waals surface area contributed by atoms with Gasteiger partial charge in [-0.25, -0.2) is 0 Å².